The molecule has 1 amide bonds. The summed E-state index contributed by atoms with van der Waals surface area (Å²) in [6, 6.07) is 9.45. The van der Waals surface area contributed by atoms with E-state index in [2.05, 4.69) is 10.7 Å². The lowest BCUT2D eigenvalue weighted by atomic mass is 10.0. The van der Waals surface area contributed by atoms with Gasteiger partial charge in [-0.2, -0.15) is 0 Å². The molecule has 0 saturated carbocycles. The Kier molecular flexibility index (Phi) is 6.87. The van der Waals surface area contributed by atoms with Crippen LogP contribution in [0.5, 0.6) is 5.75 Å². The number of nitrogens with two attached hydrogens (primary N) is 1. The van der Waals surface area contributed by atoms with E-state index in [-0.39, 0.29) is 18.9 Å². The number of ether oxygens (including phenoxy) is 2. The summed E-state index contributed by atoms with van der Waals surface area (Å²) in [5, 5.41) is 29.7. The van der Waals surface area contributed by atoms with E-state index in [1.165, 1.54) is 6.92 Å². The second-order valence-corrected chi connectivity index (χ2v) is 6.09. The molecule has 4 atom stereocenters. The number of aryl methyl sites for hydroxylation is 1. The molecule has 8 nitrogen and oxygen atoms in total. The Labute approximate surface area is 151 Å². The van der Waals surface area contributed by atoms with E-state index in [0.717, 1.165) is 11.1 Å². The Morgan fingerprint density at radius 1 is 1.35 bits per heavy atom. The van der Waals surface area contributed by atoms with Gasteiger partial charge < -0.3 is 30.5 Å². The maximum atomic E-state index is 9.85. The number of hydrogen-bond acceptors (Lipinski definition) is 7. The number of rotatable bonds is 3. The molecule has 1 fully saturated rings. The average molecular weight is 364 g/mol. The molecule has 2 heterocycles. The molecule has 8 heteroatoms. The standard InChI is InChI=1S/C16H19NO5.C2H5NO/c1-9-5-6-10-3-2-4-12(15(10)17-9)21-14-7-11(19)16(20)13(8-18)22-14;1-2(3)4/h2-6,11,13-14,16,18-20H,7-8H2,1H3;1H3,(H2,3,4). The van der Waals surface area contributed by atoms with Crippen LogP contribution in [0.3, 0.4) is 0 Å². The lowest BCUT2D eigenvalue weighted by molar-refractivity contribution is -0.229. The van der Waals surface area contributed by atoms with Gasteiger partial charge in [-0.25, -0.2) is 4.98 Å². The number of fused-ring (bicyclic) bond motifs is 1. The lowest BCUT2D eigenvalue weighted by Gasteiger charge is -2.36. The molecular formula is C18H24N2O6. The van der Waals surface area contributed by atoms with Gasteiger partial charge in [-0.1, -0.05) is 18.2 Å². The van der Waals surface area contributed by atoms with Gasteiger partial charge >= 0.3 is 0 Å². The maximum Gasteiger partial charge on any atom is 0.214 e. The topological polar surface area (TPSA) is 135 Å². The first-order valence-corrected chi connectivity index (χ1v) is 8.23. The van der Waals surface area contributed by atoms with Crippen molar-refractivity contribution < 1.29 is 29.6 Å². The number of pyridine rings is 1. The van der Waals surface area contributed by atoms with Crippen LogP contribution >= 0.6 is 0 Å². The highest BCUT2D eigenvalue weighted by Crippen LogP contribution is 2.28. The van der Waals surface area contributed by atoms with Crippen LogP contribution in [0.1, 0.15) is 19.0 Å². The molecule has 142 valence electrons. The molecule has 3 rings (SSSR count). The van der Waals surface area contributed by atoms with Crippen molar-refractivity contribution in [3.8, 4) is 5.75 Å². The summed E-state index contributed by atoms with van der Waals surface area (Å²) in [5.41, 5.74) is 6.06. The highest BCUT2D eigenvalue weighted by atomic mass is 16.7. The van der Waals surface area contributed by atoms with Crippen molar-refractivity contribution >= 4 is 16.8 Å². The molecule has 0 radical (unpaired) electrons. The number of nitrogens with zero attached hydrogens (tertiary/aromatic N) is 1. The SMILES string of the molecule is CC(N)=O.Cc1ccc2cccc(OC3CC(O)C(O)C(CO)O3)c2n1. The van der Waals surface area contributed by atoms with Crippen LogP contribution in [0.25, 0.3) is 10.9 Å². The van der Waals surface area contributed by atoms with Gasteiger partial charge in [-0.3, -0.25) is 4.79 Å². The van der Waals surface area contributed by atoms with Crippen LogP contribution in [0, 0.1) is 6.92 Å². The van der Waals surface area contributed by atoms with E-state index in [9.17, 15) is 20.1 Å². The van der Waals surface area contributed by atoms with Gasteiger partial charge in [0, 0.05) is 24.4 Å². The number of carbonyl (C=O) groups is 1. The van der Waals surface area contributed by atoms with E-state index in [1.54, 1.807) is 6.07 Å². The number of carbonyl (C=O) groups excluding carboxylic acids is 1. The quantitative estimate of drug-likeness (QED) is 0.613. The zero-order valence-electron chi connectivity index (χ0n) is 14.7. The first-order valence-electron chi connectivity index (χ1n) is 8.23. The van der Waals surface area contributed by atoms with Crippen molar-refractivity contribution in [1.82, 2.24) is 4.98 Å². The fraction of sp³-hybridized carbons (Fsp3) is 0.444. The molecule has 1 aliphatic rings. The number of amides is 1. The van der Waals surface area contributed by atoms with Crippen molar-refractivity contribution in [2.24, 2.45) is 5.73 Å². The van der Waals surface area contributed by atoms with Crippen molar-refractivity contribution in [2.75, 3.05) is 6.61 Å². The molecule has 26 heavy (non-hydrogen) atoms. The van der Waals surface area contributed by atoms with E-state index in [0.29, 0.717) is 11.3 Å². The monoisotopic (exact) mass is 364 g/mol. The van der Waals surface area contributed by atoms with Crippen molar-refractivity contribution in [3.63, 3.8) is 0 Å². The summed E-state index contributed by atoms with van der Waals surface area (Å²) in [5.74, 6) is 0.214. The van der Waals surface area contributed by atoms with E-state index >= 15 is 0 Å². The highest BCUT2D eigenvalue weighted by Gasteiger charge is 2.37. The molecule has 1 saturated heterocycles. The minimum Gasteiger partial charge on any atom is -0.463 e. The van der Waals surface area contributed by atoms with Gasteiger partial charge in [0.25, 0.3) is 0 Å². The van der Waals surface area contributed by atoms with Crippen LogP contribution in [0.4, 0.5) is 0 Å². The fourth-order valence-corrected chi connectivity index (χ4v) is 2.60. The van der Waals surface area contributed by atoms with Gasteiger partial charge in [0.2, 0.25) is 12.2 Å². The predicted molar refractivity (Wildman–Crippen MR) is 94.4 cm³/mol. The molecule has 0 bridgehead atoms. The first kappa shape index (κ1) is 20.1. The third kappa shape index (κ3) is 5.12. The number of hydrogen-bond donors (Lipinski definition) is 4. The molecule has 1 aromatic heterocycles. The Hall–Kier alpha value is -2.26. The van der Waals surface area contributed by atoms with Gasteiger partial charge in [0.15, 0.2) is 0 Å². The van der Waals surface area contributed by atoms with Crippen LogP contribution in [-0.2, 0) is 9.53 Å². The summed E-state index contributed by atoms with van der Waals surface area (Å²) in [6.07, 6.45) is -3.60. The Morgan fingerprint density at radius 2 is 2.04 bits per heavy atom. The van der Waals surface area contributed by atoms with Gasteiger partial charge in [0.1, 0.15) is 23.5 Å². The number of primary amides is 1. The Balaban J connectivity index is 0.000000552. The van der Waals surface area contributed by atoms with Crippen LogP contribution in [0.15, 0.2) is 30.3 Å². The minimum atomic E-state index is -1.11. The lowest BCUT2D eigenvalue weighted by Crippen LogP contribution is -2.51. The van der Waals surface area contributed by atoms with E-state index < -0.39 is 24.6 Å². The molecule has 0 aliphatic carbocycles. The van der Waals surface area contributed by atoms with Crippen molar-refractivity contribution in [1.29, 1.82) is 0 Å². The highest BCUT2D eigenvalue weighted by molar-refractivity contribution is 5.84. The smallest absolute Gasteiger partial charge is 0.214 e. The summed E-state index contributed by atoms with van der Waals surface area (Å²) in [7, 11) is 0. The van der Waals surface area contributed by atoms with E-state index in [4.69, 9.17) is 9.47 Å². The fourth-order valence-electron chi connectivity index (χ4n) is 2.60. The molecule has 2 aromatic rings. The van der Waals surface area contributed by atoms with Gasteiger partial charge in [-0.05, 0) is 19.1 Å². The number of aromatic nitrogens is 1. The molecule has 0 spiro atoms. The van der Waals surface area contributed by atoms with Gasteiger partial charge in [-0.15, -0.1) is 0 Å². The second-order valence-electron chi connectivity index (χ2n) is 6.09. The molecule has 1 aliphatic heterocycles. The van der Waals surface area contributed by atoms with Crippen LogP contribution < -0.4 is 10.5 Å². The molecule has 4 unspecified atom stereocenters. The zero-order valence-corrected chi connectivity index (χ0v) is 14.7. The normalized spacial score (nSPS) is 25.3. The van der Waals surface area contributed by atoms with Crippen LogP contribution in [0.2, 0.25) is 0 Å². The van der Waals surface area contributed by atoms with Crippen LogP contribution in [-0.4, -0.2) is 57.4 Å². The number of aliphatic hydroxyl groups excluding tert-OH is 3. The molecular weight excluding hydrogens is 340 g/mol. The summed E-state index contributed by atoms with van der Waals surface area (Å²) >= 11 is 0. The zero-order chi connectivity index (χ0) is 19.3. The third-order valence-electron chi connectivity index (χ3n) is 3.80. The third-order valence-corrected chi connectivity index (χ3v) is 3.80. The second kappa shape index (κ2) is 8.91. The minimum absolute atomic E-state index is 0.125. The largest absolute Gasteiger partial charge is 0.463 e. The average Bonchev–Trinajstić information content (AvgIpc) is 2.58. The number of para-hydroxylation sites is 1. The summed E-state index contributed by atoms with van der Waals surface area (Å²) in [6.45, 7) is 2.82. The van der Waals surface area contributed by atoms with Gasteiger partial charge in [0.05, 0.1) is 12.7 Å². The number of benzene rings is 1. The number of aliphatic hydroxyl groups is 3. The Morgan fingerprint density at radius 3 is 2.69 bits per heavy atom. The van der Waals surface area contributed by atoms with E-state index in [1.807, 2.05) is 31.2 Å². The molecule has 1 aromatic carbocycles. The first-order chi connectivity index (χ1) is 12.3. The summed E-state index contributed by atoms with van der Waals surface area (Å²) in [4.78, 5) is 13.7. The molecule has 5 N–H and O–H groups in total. The predicted octanol–water partition coefficient (Wildman–Crippen LogP) is 0.243. The maximum absolute atomic E-state index is 9.85. The van der Waals surface area contributed by atoms with Crippen molar-refractivity contribution in [2.45, 2.75) is 44.9 Å². The summed E-state index contributed by atoms with van der Waals surface area (Å²) < 4.78 is 11.3. The Bertz CT molecular complexity index is 750. The van der Waals surface area contributed by atoms with Crippen molar-refractivity contribution in [3.05, 3.63) is 36.0 Å².